The van der Waals surface area contributed by atoms with Crippen LogP contribution < -0.4 is 5.32 Å². The predicted octanol–water partition coefficient (Wildman–Crippen LogP) is 0.968. The van der Waals surface area contributed by atoms with Crippen LogP contribution >= 0.6 is 0 Å². The number of ether oxygens (including phenoxy) is 1. The minimum Gasteiger partial charge on any atom is -0.447 e. The summed E-state index contributed by atoms with van der Waals surface area (Å²) in [5.74, 6) is 0.683. The van der Waals surface area contributed by atoms with E-state index in [1.165, 1.54) is 12.8 Å². The van der Waals surface area contributed by atoms with Gasteiger partial charge >= 0.3 is 6.09 Å². The van der Waals surface area contributed by atoms with Crippen molar-refractivity contribution >= 4 is 6.09 Å². The van der Waals surface area contributed by atoms with Gasteiger partial charge in [-0.15, -0.1) is 0 Å². The lowest BCUT2D eigenvalue weighted by Gasteiger charge is -2.32. The van der Waals surface area contributed by atoms with Crippen molar-refractivity contribution in [2.75, 3.05) is 26.2 Å². The Balaban J connectivity index is 1.87. The van der Waals surface area contributed by atoms with Gasteiger partial charge in [-0.3, -0.25) is 4.90 Å². The molecule has 18 heavy (non-hydrogen) atoms. The predicted molar refractivity (Wildman–Crippen MR) is 68.4 cm³/mol. The van der Waals surface area contributed by atoms with E-state index in [9.17, 15) is 9.90 Å². The number of carbonyl (C=O) groups excluding carboxylic acids is 1. The first-order valence-electron chi connectivity index (χ1n) is 6.85. The molecule has 104 valence electrons. The molecule has 0 saturated carbocycles. The Morgan fingerprint density at radius 2 is 2.11 bits per heavy atom. The average molecular weight is 256 g/mol. The summed E-state index contributed by atoms with van der Waals surface area (Å²) in [4.78, 5) is 13.4. The van der Waals surface area contributed by atoms with Crippen LogP contribution in [0.5, 0.6) is 0 Å². The molecule has 0 aromatic carbocycles. The van der Waals surface area contributed by atoms with E-state index in [4.69, 9.17) is 4.74 Å². The molecule has 2 saturated heterocycles. The largest absolute Gasteiger partial charge is 0.447 e. The number of cyclic esters (lactones) is 1. The van der Waals surface area contributed by atoms with E-state index in [1.54, 1.807) is 18.7 Å². The van der Waals surface area contributed by atoms with Crippen LogP contribution in [0.1, 0.15) is 33.1 Å². The van der Waals surface area contributed by atoms with Crippen molar-refractivity contribution < 1.29 is 14.6 Å². The molecule has 2 rings (SSSR count). The molecular weight excluding hydrogens is 232 g/mol. The summed E-state index contributed by atoms with van der Waals surface area (Å²) >= 11 is 0. The normalized spacial score (nSPS) is 26.5. The molecule has 2 aliphatic heterocycles. The van der Waals surface area contributed by atoms with Gasteiger partial charge in [0.15, 0.2) is 0 Å². The molecule has 0 radical (unpaired) electrons. The summed E-state index contributed by atoms with van der Waals surface area (Å²) in [5.41, 5.74) is -0.902. The number of rotatable bonds is 4. The molecule has 1 amide bonds. The van der Waals surface area contributed by atoms with Gasteiger partial charge in [0.05, 0.1) is 11.6 Å². The molecule has 2 aliphatic rings. The highest BCUT2D eigenvalue weighted by Gasteiger charge is 2.41. The van der Waals surface area contributed by atoms with Gasteiger partial charge in [-0.25, -0.2) is 4.79 Å². The third-order valence-electron chi connectivity index (χ3n) is 4.03. The zero-order valence-electron chi connectivity index (χ0n) is 11.3. The van der Waals surface area contributed by atoms with Crippen LogP contribution in [-0.4, -0.2) is 54.0 Å². The zero-order valence-corrected chi connectivity index (χ0v) is 11.3. The topological polar surface area (TPSA) is 61.8 Å². The molecule has 0 aliphatic carbocycles. The maximum Gasteiger partial charge on any atom is 0.410 e. The highest BCUT2D eigenvalue weighted by molar-refractivity contribution is 5.70. The van der Waals surface area contributed by atoms with Crippen molar-refractivity contribution in [2.24, 2.45) is 5.92 Å². The molecule has 0 spiro atoms. The van der Waals surface area contributed by atoms with E-state index in [-0.39, 0.29) is 12.1 Å². The Labute approximate surface area is 108 Å². The maximum atomic E-state index is 11.7. The molecule has 1 unspecified atom stereocenters. The molecular formula is C13H24N2O3. The number of amides is 1. The van der Waals surface area contributed by atoms with Gasteiger partial charge < -0.3 is 15.2 Å². The summed E-state index contributed by atoms with van der Waals surface area (Å²) < 4.78 is 5.06. The van der Waals surface area contributed by atoms with E-state index in [0.29, 0.717) is 19.1 Å². The van der Waals surface area contributed by atoms with Gasteiger partial charge in [0, 0.05) is 6.54 Å². The standard InChI is InChI=1S/C13H24N2O3/c1-13(2,17)11-9-18-12(16)15(11)8-5-10-3-6-14-7-4-10/h10-11,14,17H,3-9H2,1-2H3. The van der Waals surface area contributed by atoms with Gasteiger partial charge in [0.1, 0.15) is 6.61 Å². The molecule has 5 heteroatoms. The molecule has 1 atom stereocenters. The maximum absolute atomic E-state index is 11.7. The average Bonchev–Trinajstić information content (AvgIpc) is 2.69. The van der Waals surface area contributed by atoms with Gasteiger partial charge in [0.25, 0.3) is 0 Å². The van der Waals surface area contributed by atoms with Crippen LogP contribution in [0.2, 0.25) is 0 Å². The number of nitrogens with one attached hydrogen (secondary N) is 1. The first-order chi connectivity index (χ1) is 8.48. The molecule has 2 N–H and O–H groups in total. The molecule has 5 nitrogen and oxygen atoms in total. The van der Waals surface area contributed by atoms with E-state index >= 15 is 0 Å². The first-order valence-corrected chi connectivity index (χ1v) is 6.85. The Bertz CT molecular complexity index is 295. The highest BCUT2D eigenvalue weighted by Crippen LogP contribution is 2.25. The molecule has 0 aromatic heterocycles. The fourth-order valence-corrected chi connectivity index (χ4v) is 2.77. The fraction of sp³-hybridized carbons (Fsp3) is 0.923. The molecule has 0 bridgehead atoms. The quantitative estimate of drug-likeness (QED) is 0.787. The summed E-state index contributed by atoms with van der Waals surface area (Å²) in [6.45, 7) is 6.61. The summed E-state index contributed by atoms with van der Waals surface area (Å²) in [6.07, 6.45) is 3.08. The van der Waals surface area contributed by atoms with Crippen molar-refractivity contribution in [3.8, 4) is 0 Å². The van der Waals surface area contributed by atoms with Crippen LogP contribution in [0.3, 0.4) is 0 Å². The lowest BCUT2D eigenvalue weighted by atomic mass is 9.93. The minimum absolute atomic E-state index is 0.216. The number of hydrogen-bond acceptors (Lipinski definition) is 4. The van der Waals surface area contributed by atoms with E-state index in [1.807, 2.05) is 0 Å². The SMILES string of the molecule is CC(C)(O)C1COC(=O)N1CCC1CCNCC1. The molecule has 2 fully saturated rings. The van der Waals surface area contributed by atoms with Crippen molar-refractivity contribution in [1.82, 2.24) is 10.2 Å². The van der Waals surface area contributed by atoms with Crippen LogP contribution in [0.4, 0.5) is 4.79 Å². The number of carbonyl (C=O) groups is 1. The fourth-order valence-electron chi connectivity index (χ4n) is 2.77. The van der Waals surface area contributed by atoms with Crippen LogP contribution in [0.15, 0.2) is 0 Å². The number of piperidine rings is 1. The molecule has 2 heterocycles. The van der Waals surface area contributed by atoms with Crippen molar-refractivity contribution in [3.05, 3.63) is 0 Å². The molecule has 0 aromatic rings. The number of nitrogens with zero attached hydrogens (tertiary/aromatic N) is 1. The first kappa shape index (κ1) is 13.6. The van der Waals surface area contributed by atoms with Crippen molar-refractivity contribution in [1.29, 1.82) is 0 Å². The third-order valence-corrected chi connectivity index (χ3v) is 4.03. The van der Waals surface area contributed by atoms with Crippen LogP contribution in [-0.2, 0) is 4.74 Å². The second-order valence-electron chi connectivity index (χ2n) is 5.92. The zero-order chi connectivity index (χ0) is 13.2. The summed E-state index contributed by atoms with van der Waals surface area (Å²) in [6, 6.07) is -0.216. The van der Waals surface area contributed by atoms with Crippen LogP contribution in [0, 0.1) is 5.92 Å². The Kier molecular flexibility index (Phi) is 4.12. The van der Waals surface area contributed by atoms with Crippen molar-refractivity contribution in [3.63, 3.8) is 0 Å². The summed E-state index contributed by atoms with van der Waals surface area (Å²) in [5, 5.41) is 13.4. The Morgan fingerprint density at radius 3 is 2.72 bits per heavy atom. The Morgan fingerprint density at radius 1 is 1.44 bits per heavy atom. The number of aliphatic hydroxyl groups is 1. The number of hydrogen-bond donors (Lipinski definition) is 2. The third kappa shape index (κ3) is 3.14. The van der Waals surface area contributed by atoms with Crippen molar-refractivity contribution in [2.45, 2.75) is 44.8 Å². The second-order valence-corrected chi connectivity index (χ2v) is 5.92. The van der Waals surface area contributed by atoms with Gasteiger partial charge in [-0.05, 0) is 52.1 Å². The summed E-state index contributed by atoms with van der Waals surface area (Å²) in [7, 11) is 0. The van der Waals surface area contributed by atoms with E-state index in [2.05, 4.69) is 5.32 Å². The van der Waals surface area contributed by atoms with Gasteiger partial charge in [-0.2, -0.15) is 0 Å². The van der Waals surface area contributed by atoms with Gasteiger partial charge in [-0.1, -0.05) is 0 Å². The lowest BCUT2D eigenvalue weighted by molar-refractivity contribution is 0.00623. The Hall–Kier alpha value is -0.810. The van der Waals surface area contributed by atoms with Crippen LogP contribution in [0.25, 0.3) is 0 Å². The van der Waals surface area contributed by atoms with E-state index in [0.717, 1.165) is 19.5 Å². The minimum atomic E-state index is -0.902. The second kappa shape index (κ2) is 5.45. The smallest absolute Gasteiger partial charge is 0.410 e. The lowest BCUT2D eigenvalue weighted by Crippen LogP contribution is -2.48. The highest BCUT2D eigenvalue weighted by atomic mass is 16.6. The van der Waals surface area contributed by atoms with E-state index < -0.39 is 5.60 Å². The monoisotopic (exact) mass is 256 g/mol. The van der Waals surface area contributed by atoms with Gasteiger partial charge in [0.2, 0.25) is 0 Å².